The molecule has 0 aromatic carbocycles. The van der Waals surface area contributed by atoms with E-state index in [1.54, 1.807) is 6.20 Å². The molecule has 0 atom stereocenters. The van der Waals surface area contributed by atoms with Crippen LogP contribution in [-0.4, -0.2) is 34.8 Å². The molecule has 15 heavy (non-hydrogen) atoms. The van der Waals surface area contributed by atoms with Gasteiger partial charge in [-0.05, 0) is 40.9 Å². The molecule has 1 aromatic rings. The second-order valence-electron chi connectivity index (χ2n) is 2.97. The second-order valence-corrected chi connectivity index (χ2v) is 4.16. The van der Waals surface area contributed by atoms with Crippen LogP contribution in [0.1, 0.15) is 13.3 Å². The van der Waals surface area contributed by atoms with E-state index in [4.69, 9.17) is 16.7 Å². The Bertz CT molecular complexity index is 324. The highest BCUT2D eigenvalue weighted by Gasteiger charge is 2.10. The lowest BCUT2D eigenvalue weighted by molar-refractivity contribution is 0.289. The molecule has 0 unspecified atom stereocenters. The first-order valence-corrected chi connectivity index (χ1v) is 5.90. The summed E-state index contributed by atoms with van der Waals surface area (Å²) < 4.78 is 0.812. The van der Waals surface area contributed by atoms with Crippen molar-refractivity contribution < 1.29 is 5.11 Å². The fourth-order valence-electron chi connectivity index (χ4n) is 1.23. The average Bonchev–Trinajstić information content (AvgIpc) is 2.24. The maximum Gasteiger partial charge on any atom is 0.224 e. The molecule has 0 spiro atoms. The van der Waals surface area contributed by atoms with Gasteiger partial charge in [0, 0.05) is 25.9 Å². The summed E-state index contributed by atoms with van der Waals surface area (Å²) in [6.07, 6.45) is 2.34. The van der Waals surface area contributed by atoms with Gasteiger partial charge in [-0.3, -0.25) is 0 Å². The van der Waals surface area contributed by atoms with Gasteiger partial charge in [-0.15, -0.1) is 0 Å². The van der Waals surface area contributed by atoms with Crippen LogP contribution in [0.2, 0.25) is 5.28 Å². The zero-order valence-corrected chi connectivity index (χ0v) is 10.8. The van der Waals surface area contributed by atoms with Gasteiger partial charge in [0.1, 0.15) is 5.82 Å². The minimum atomic E-state index is 0.174. The van der Waals surface area contributed by atoms with E-state index in [1.165, 1.54) is 0 Å². The molecular formula is C9H13BrClN3O. The van der Waals surface area contributed by atoms with Gasteiger partial charge in [0.25, 0.3) is 0 Å². The van der Waals surface area contributed by atoms with E-state index >= 15 is 0 Å². The second kappa shape index (κ2) is 6.25. The zero-order chi connectivity index (χ0) is 11.3. The van der Waals surface area contributed by atoms with Crippen LogP contribution in [-0.2, 0) is 0 Å². The number of hydrogen-bond donors (Lipinski definition) is 1. The van der Waals surface area contributed by atoms with Crippen molar-refractivity contribution >= 4 is 33.3 Å². The maximum atomic E-state index is 8.78. The number of aliphatic hydroxyl groups excluding tert-OH is 1. The summed E-state index contributed by atoms with van der Waals surface area (Å²) in [4.78, 5) is 10.1. The number of rotatable bonds is 5. The molecule has 1 rings (SSSR count). The van der Waals surface area contributed by atoms with Crippen LogP contribution in [0, 0.1) is 0 Å². The maximum absolute atomic E-state index is 8.78. The van der Waals surface area contributed by atoms with Crippen LogP contribution in [0.4, 0.5) is 5.82 Å². The van der Waals surface area contributed by atoms with Gasteiger partial charge < -0.3 is 10.0 Å². The van der Waals surface area contributed by atoms with Gasteiger partial charge in [-0.2, -0.15) is 4.98 Å². The molecule has 6 heteroatoms. The number of aromatic nitrogens is 2. The van der Waals surface area contributed by atoms with Crippen LogP contribution in [0.5, 0.6) is 0 Å². The molecule has 4 nitrogen and oxygen atoms in total. The molecule has 0 amide bonds. The van der Waals surface area contributed by atoms with Crippen molar-refractivity contribution in [3.8, 4) is 0 Å². The fraction of sp³-hybridized carbons (Fsp3) is 0.556. The summed E-state index contributed by atoms with van der Waals surface area (Å²) in [6, 6.07) is 0. The molecular weight excluding hydrogens is 281 g/mol. The van der Waals surface area contributed by atoms with Crippen LogP contribution in [0.25, 0.3) is 0 Å². The lowest BCUT2D eigenvalue weighted by Gasteiger charge is -2.22. The fourth-order valence-corrected chi connectivity index (χ4v) is 1.81. The Morgan fingerprint density at radius 3 is 2.93 bits per heavy atom. The van der Waals surface area contributed by atoms with Gasteiger partial charge in [-0.25, -0.2) is 4.98 Å². The van der Waals surface area contributed by atoms with E-state index < -0.39 is 0 Å². The molecule has 0 fully saturated rings. The van der Waals surface area contributed by atoms with Gasteiger partial charge in [-0.1, -0.05) is 0 Å². The largest absolute Gasteiger partial charge is 0.396 e. The number of hydrogen-bond acceptors (Lipinski definition) is 4. The molecule has 0 aliphatic heterocycles. The van der Waals surface area contributed by atoms with Crippen molar-refractivity contribution in [1.29, 1.82) is 0 Å². The van der Waals surface area contributed by atoms with Gasteiger partial charge in [0.2, 0.25) is 5.28 Å². The summed E-state index contributed by atoms with van der Waals surface area (Å²) in [5, 5.41) is 9.02. The smallest absolute Gasteiger partial charge is 0.224 e. The molecule has 0 aliphatic rings. The van der Waals surface area contributed by atoms with E-state index in [9.17, 15) is 0 Å². The van der Waals surface area contributed by atoms with Crippen molar-refractivity contribution in [1.82, 2.24) is 9.97 Å². The molecule has 1 aromatic heterocycles. The predicted molar refractivity (Wildman–Crippen MR) is 64.3 cm³/mol. The number of halogens is 2. The van der Waals surface area contributed by atoms with Crippen LogP contribution >= 0.6 is 27.5 Å². The topological polar surface area (TPSA) is 49.2 Å². The molecule has 0 saturated heterocycles. The normalized spacial score (nSPS) is 10.4. The molecule has 0 bridgehead atoms. The zero-order valence-electron chi connectivity index (χ0n) is 8.45. The van der Waals surface area contributed by atoms with Crippen LogP contribution in [0.3, 0.4) is 0 Å². The first kappa shape index (κ1) is 12.7. The quantitative estimate of drug-likeness (QED) is 0.845. The third-order valence-corrected chi connectivity index (χ3v) is 2.71. The third kappa shape index (κ3) is 3.59. The van der Waals surface area contributed by atoms with Crippen molar-refractivity contribution in [3.63, 3.8) is 0 Å². The van der Waals surface area contributed by atoms with Gasteiger partial charge >= 0.3 is 0 Å². The van der Waals surface area contributed by atoms with Crippen LogP contribution in [0.15, 0.2) is 10.7 Å². The molecule has 1 heterocycles. The molecule has 1 N–H and O–H groups in total. The summed E-state index contributed by atoms with van der Waals surface area (Å²) in [5.41, 5.74) is 0. The SMILES string of the molecule is CCN(CCCO)c1nc(Cl)ncc1Br. The minimum Gasteiger partial charge on any atom is -0.396 e. The minimum absolute atomic E-state index is 0.174. The number of aliphatic hydroxyl groups is 1. The highest BCUT2D eigenvalue weighted by Crippen LogP contribution is 2.24. The van der Waals surface area contributed by atoms with E-state index in [1.807, 2.05) is 11.8 Å². The Labute approximate surface area is 102 Å². The van der Waals surface area contributed by atoms with Crippen molar-refractivity contribution in [2.75, 3.05) is 24.6 Å². The van der Waals surface area contributed by atoms with Crippen molar-refractivity contribution in [2.45, 2.75) is 13.3 Å². The first-order valence-electron chi connectivity index (χ1n) is 4.73. The van der Waals surface area contributed by atoms with E-state index in [0.29, 0.717) is 6.42 Å². The number of nitrogens with zero attached hydrogens (tertiary/aromatic N) is 3. The van der Waals surface area contributed by atoms with Crippen molar-refractivity contribution in [3.05, 3.63) is 16.0 Å². The monoisotopic (exact) mass is 293 g/mol. The standard InChI is InChI=1S/C9H13BrClN3O/c1-2-14(4-3-5-15)8-7(10)6-12-9(11)13-8/h6,15H,2-5H2,1H3. The lowest BCUT2D eigenvalue weighted by atomic mass is 10.4. The number of anilines is 1. The van der Waals surface area contributed by atoms with Gasteiger partial charge in [0.15, 0.2) is 0 Å². The van der Waals surface area contributed by atoms with E-state index in [-0.39, 0.29) is 11.9 Å². The Balaban J connectivity index is 2.85. The van der Waals surface area contributed by atoms with Crippen molar-refractivity contribution in [2.24, 2.45) is 0 Å². The Morgan fingerprint density at radius 1 is 1.60 bits per heavy atom. The van der Waals surface area contributed by atoms with E-state index in [0.717, 1.165) is 23.4 Å². The molecule has 0 radical (unpaired) electrons. The average molecular weight is 295 g/mol. The highest BCUT2D eigenvalue weighted by molar-refractivity contribution is 9.10. The van der Waals surface area contributed by atoms with E-state index in [2.05, 4.69) is 25.9 Å². The van der Waals surface area contributed by atoms with Crippen LogP contribution < -0.4 is 4.90 Å². The molecule has 84 valence electrons. The first-order chi connectivity index (χ1) is 7.19. The molecule has 0 aliphatic carbocycles. The Morgan fingerprint density at radius 2 is 2.33 bits per heavy atom. The summed E-state index contributed by atoms with van der Waals surface area (Å²) in [7, 11) is 0. The Hall–Kier alpha value is -0.390. The molecule has 0 saturated carbocycles. The lowest BCUT2D eigenvalue weighted by Crippen LogP contribution is -2.26. The van der Waals surface area contributed by atoms with Gasteiger partial charge in [0.05, 0.1) is 4.47 Å². The summed E-state index contributed by atoms with van der Waals surface area (Å²) >= 11 is 9.11. The highest BCUT2D eigenvalue weighted by atomic mass is 79.9. The summed E-state index contributed by atoms with van der Waals surface area (Å²) in [5.74, 6) is 0.769. The summed E-state index contributed by atoms with van der Waals surface area (Å²) in [6.45, 7) is 3.76. The third-order valence-electron chi connectivity index (χ3n) is 1.96. The predicted octanol–water partition coefficient (Wildman–Crippen LogP) is 2.10. The Kier molecular flexibility index (Phi) is 5.28.